The van der Waals surface area contributed by atoms with Gasteiger partial charge in [0.15, 0.2) is 4.34 Å². The first-order valence-electron chi connectivity index (χ1n) is 5.66. The van der Waals surface area contributed by atoms with Crippen molar-refractivity contribution in [2.45, 2.75) is 29.4 Å². The van der Waals surface area contributed by atoms with E-state index in [1.165, 1.54) is 16.5 Å². The lowest BCUT2D eigenvalue weighted by Crippen LogP contribution is -2.00. The van der Waals surface area contributed by atoms with Gasteiger partial charge in [0.05, 0.1) is 16.8 Å². The van der Waals surface area contributed by atoms with Crippen molar-refractivity contribution < 1.29 is 0 Å². The minimum atomic E-state index is 0.655. The molecule has 0 atom stereocenters. The van der Waals surface area contributed by atoms with Crippen LogP contribution in [0.15, 0.2) is 33.8 Å². The predicted octanol–water partition coefficient (Wildman–Crippen LogP) is 2.84. The summed E-state index contributed by atoms with van der Waals surface area (Å²) in [6, 6.07) is 8.09. The Morgan fingerprint density at radius 1 is 1.33 bits per heavy atom. The number of tetrazole rings is 1. The topological polar surface area (TPSA) is 56.5 Å². The molecule has 0 radical (unpaired) electrons. The SMILES string of the molecule is CCCn1nnc(Sc2nc3ccccc3s2)n1. The Morgan fingerprint density at radius 2 is 2.22 bits per heavy atom. The van der Waals surface area contributed by atoms with Gasteiger partial charge in [0.2, 0.25) is 5.16 Å². The van der Waals surface area contributed by atoms with Gasteiger partial charge in [-0.3, -0.25) is 0 Å². The number of benzene rings is 1. The molecule has 0 spiro atoms. The maximum atomic E-state index is 4.53. The number of nitrogens with zero attached hydrogens (tertiary/aromatic N) is 5. The monoisotopic (exact) mass is 277 g/mol. The van der Waals surface area contributed by atoms with Gasteiger partial charge in [-0.25, -0.2) is 4.98 Å². The Labute approximate surface area is 112 Å². The molecule has 0 bridgehead atoms. The van der Waals surface area contributed by atoms with Crippen molar-refractivity contribution in [2.24, 2.45) is 0 Å². The first-order chi connectivity index (χ1) is 8.85. The van der Waals surface area contributed by atoms with Crippen molar-refractivity contribution in [3.8, 4) is 0 Å². The van der Waals surface area contributed by atoms with Crippen LogP contribution in [0.4, 0.5) is 0 Å². The van der Waals surface area contributed by atoms with Crippen LogP contribution in [0, 0.1) is 0 Å². The van der Waals surface area contributed by atoms with Gasteiger partial charge in [-0.15, -0.1) is 21.5 Å². The Bertz CT molecular complexity index is 627. The van der Waals surface area contributed by atoms with Crippen LogP contribution in [0.25, 0.3) is 10.2 Å². The summed E-state index contributed by atoms with van der Waals surface area (Å²) in [6.07, 6.45) is 1.00. The second kappa shape index (κ2) is 5.03. The van der Waals surface area contributed by atoms with Gasteiger partial charge >= 0.3 is 0 Å². The standard InChI is InChI=1S/C11H11N5S2/c1-2-7-16-14-10(13-15-16)18-11-12-8-5-3-4-6-9(8)17-11/h3-6H,2,7H2,1H3. The lowest BCUT2D eigenvalue weighted by Gasteiger charge is -1.90. The van der Waals surface area contributed by atoms with Gasteiger partial charge in [0, 0.05) is 0 Å². The normalized spacial score (nSPS) is 11.2. The van der Waals surface area contributed by atoms with Crippen molar-refractivity contribution in [3.63, 3.8) is 0 Å². The van der Waals surface area contributed by atoms with E-state index in [1.54, 1.807) is 16.1 Å². The van der Waals surface area contributed by atoms with Crippen LogP contribution in [-0.4, -0.2) is 25.2 Å². The molecule has 0 amide bonds. The molecule has 0 aliphatic rings. The highest BCUT2D eigenvalue weighted by atomic mass is 32.2. The Morgan fingerprint density at radius 3 is 3.06 bits per heavy atom. The zero-order chi connectivity index (χ0) is 12.4. The van der Waals surface area contributed by atoms with Gasteiger partial charge in [0.1, 0.15) is 0 Å². The number of rotatable bonds is 4. The molecule has 0 aliphatic carbocycles. The van der Waals surface area contributed by atoms with Crippen molar-refractivity contribution in [2.75, 3.05) is 0 Å². The summed E-state index contributed by atoms with van der Waals surface area (Å²) < 4.78 is 2.13. The highest BCUT2D eigenvalue weighted by Crippen LogP contribution is 2.32. The Kier molecular flexibility index (Phi) is 3.24. The number of hydrogen-bond acceptors (Lipinski definition) is 6. The molecule has 2 heterocycles. The summed E-state index contributed by atoms with van der Waals surface area (Å²) in [5.41, 5.74) is 1.02. The molecule has 92 valence electrons. The highest BCUT2D eigenvalue weighted by molar-refractivity contribution is 8.01. The molecule has 0 N–H and O–H groups in total. The van der Waals surface area contributed by atoms with Crippen LogP contribution < -0.4 is 0 Å². The summed E-state index contributed by atoms with van der Waals surface area (Å²) in [4.78, 5) is 6.15. The minimum Gasteiger partial charge on any atom is -0.229 e. The van der Waals surface area contributed by atoms with E-state index in [9.17, 15) is 0 Å². The maximum Gasteiger partial charge on any atom is 0.238 e. The van der Waals surface area contributed by atoms with Crippen molar-refractivity contribution in [3.05, 3.63) is 24.3 Å². The molecule has 0 aliphatic heterocycles. The molecule has 0 saturated carbocycles. The van der Waals surface area contributed by atoms with E-state index < -0.39 is 0 Å². The summed E-state index contributed by atoms with van der Waals surface area (Å²) in [5, 5.41) is 12.9. The molecule has 2 aromatic heterocycles. The summed E-state index contributed by atoms with van der Waals surface area (Å²) >= 11 is 3.11. The van der Waals surface area contributed by atoms with Crippen LogP contribution in [-0.2, 0) is 6.54 Å². The van der Waals surface area contributed by atoms with Crippen LogP contribution in [0.1, 0.15) is 13.3 Å². The van der Waals surface area contributed by atoms with E-state index in [-0.39, 0.29) is 0 Å². The molecular weight excluding hydrogens is 266 g/mol. The van der Waals surface area contributed by atoms with Crippen LogP contribution in [0.3, 0.4) is 0 Å². The quantitative estimate of drug-likeness (QED) is 0.734. The van der Waals surface area contributed by atoms with Gasteiger partial charge < -0.3 is 0 Å². The molecule has 18 heavy (non-hydrogen) atoms. The molecule has 7 heteroatoms. The highest BCUT2D eigenvalue weighted by Gasteiger charge is 2.09. The van der Waals surface area contributed by atoms with Gasteiger partial charge in [-0.2, -0.15) is 4.80 Å². The molecule has 3 aromatic rings. The number of hydrogen-bond donors (Lipinski definition) is 0. The number of thiazole rings is 1. The maximum absolute atomic E-state index is 4.53. The average Bonchev–Trinajstić information content (AvgIpc) is 2.96. The van der Waals surface area contributed by atoms with E-state index in [2.05, 4.69) is 33.4 Å². The van der Waals surface area contributed by atoms with E-state index >= 15 is 0 Å². The fourth-order valence-corrected chi connectivity index (χ4v) is 3.41. The number of para-hydroxylation sites is 1. The van der Waals surface area contributed by atoms with E-state index in [0.717, 1.165) is 22.8 Å². The zero-order valence-electron chi connectivity index (χ0n) is 9.78. The minimum absolute atomic E-state index is 0.655. The Balaban J connectivity index is 1.82. The number of fused-ring (bicyclic) bond motifs is 1. The van der Waals surface area contributed by atoms with Gasteiger partial charge in [0.25, 0.3) is 0 Å². The van der Waals surface area contributed by atoms with Crippen molar-refractivity contribution in [1.82, 2.24) is 25.2 Å². The van der Waals surface area contributed by atoms with Gasteiger partial charge in [-0.05, 0) is 35.5 Å². The zero-order valence-corrected chi connectivity index (χ0v) is 11.4. The number of aromatic nitrogens is 5. The van der Waals surface area contributed by atoms with Crippen molar-refractivity contribution in [1.29, 1.82) is 0 Å². The molecule has 0 unspecified atom stereocenters. The smallest absolute Gasteiger partial charge is 0.229 e. The summed E-state index contributed by atoms with van der Waals surface area (Å²) in [7, 11) is 0. The fourth-order valence-electron chi connectivity index (χ4n) is 1.54. The molecule has 3 rings (SSSR count). The van der Waals surface area contributed by atoms with Crippen molar-refractivity contribution >= 4 is 33.3 Å². The summed E-state index contributed by atoms with van der Waals surface area (Å²) in [5.74, 6) is 0. The van der Waals surface area contributed by atoms with Crippen LogP contribution in [0.5, 0.6) is 0 Å². The third kappa shape index (κ3) is 2.37. The largest absolute Gasteiger partial charge is 0.238 e. The second-order valence-electron chi connectivity index (χ2n) is 3.72. The van der Waals surface area contributed by atoms with Crippen LogP contribution >= 0.6 is 23.1 Å². The third-order valence-corrected chi connectivity index (χ3v) is 4.25. The lowest BCUT2D eigenvalue weighted by atomic mass is 10.3. The summed E-state index contributed by atoms with van der Waals surface area (Å²) in [6.45, 7) is 2.89. The number of aryl methyl sites for hydroxylation is 1. The van der Waals surface area contributed by atoms with Crippen LogP contribution in [0.2, 0.25) is 0 Å². The third-order valence-electron chi connectivity index (χ3n) is 2.31. The first kappa shape index (κ1) is 11.6. The average molecular weight is 277 g/mol. The molecule has 5 nitrogen and oxygen atoms in total. The van der Waals surface area contributed by atoms with E-state index in [0.29, 0.717) is 5.16 Å². The molecule has 0 fully saturated rings. The molecule has 1 aromatic carbocycles. The fraction of sp³-hybridized carbons (Fsp3) is 0.273. The van der Waals surface area contributed by atoms with E-state index in [1.807, 2.05) is 18.2 Å². The predicted molar refractivity (Wildman–Crippen MR) is 71.9 cm³/mol. The molecule has 0 saturated heterocycles. The van der Waals surface area contributed by atoms with Gasteiger partial charge in [-0.1, -0.05) is 19.1 Å². The molecular formula is C11H11N5S2. The lowest BCUT2D eigenvalue weighted by molar-refractivity contribution is 0.511. The second-order valence-corrected chi connectivity index (χ2v) is 5.96. The van der Waals surface area contributed by atoms with E-state index in [4.69, 9.17) is 0 Å². The first-order valence-corrected chi connectivity index (χ1v) is 7.29. The Hall–Kier alpha value is -1.47.